The molecule has 41 heavy (non-hydrogen) atoms. The van der Waals surface area contributed by atoms with Crippen LogP contribution >= 0.6 is 0 Å². The third-order valence-electron chi connectivity index (χ3n) is 5.92. The number of aliphatic carboxylic acids is 3. The second-order valence-electron chi connectivity index (χ2n) is 8.99. The van der Waals surface area contributed by atoms with Crippen LogP contribution in [0, 0.1) is 0 Å². The number of nitrogens with zero attached hydrogens (tertiary/aromatic N) is 3. The summed E-state index contributed by atoms with van der Waals surface area (Å²) in [6, 6.07) is 2.32. The minimum Gasteiger partial charge on any atom is -0.481 e. The molecular weight excluding hydrogens is 544 g/mol. The van der Waals surface area contributed by atoms with Crippen molar-refractivity contribution in [3.8, 4) is 0 Å². The lowest BCUT2D eigenvalue weighted by atomic mass is 10.1. The van der Waals surface area contributed by atoms with E-state index < -0.39 is 72.8 Å². The number of anilines is 1. The van der Waals surface area contributed by atoms with Crippen molar-refractivity contribution in [2.45, 2.75) is 50.0 Å². The van der Waals surface area contributed by atoms with Gasteiger partial charge in [-0.2, -0.15) is 0 Å². The van der Waals surface area contributed by atoms with E-state index in [9.17, 15) is 33.9 Å². The minimum absolute atomic E-state index is 0.0201. The lowest BCUT2D eigenvalue weighted by Crippen LogP contribution is -2.52. The molecule has 0 aromatic heterocycles. The van der Waals surface area contributed by atoms with E-state index in [1.54, 1.807) is 12.1 Å². The first kappa shape index (κ1) is 30.2. The van der Waals surface area contributed by atoms with Crippen molar-refractivity contribution in [2.75, 3.05) is 11.9 Å². The molecular formula is C24H28N8O9. The summed E-state index contributed by atoms with van der Waals surface area (Å²) in [6.45, 7) is 0.215. The van der Waals surface area contributed by atoms with Gasteiger partial charge in [0, 0.05) is 30.3 Å². The molecule has 0 aliphatic carbocycles. The number of hydrogen-bond acceptors (Lipinski definition) is 11. The number of guanidine groups is 1. The zero-order chi connectivity index (χ0) is 30.1. The van der Waals surface area contributed by atoms with Crippen molar-refractivity contribution in [2.24, 2.45) is 20.7 Å². The smallest absolute Gasteiger partial charge is 0.326 e. The standard InChI is InChI=1S/C24H28N8O9/c25-24-31-19-18(21(37)32-24)28-13(10-27-19)9-26-12-3-1-11(2-4-12)20(36)30-15(23(40)41)5-7-16(33)29-14(22(38)39)6-8-17(34)35/h1-4,10,14-15,18-19,26H,5-9H2,(H,29,33)(H,30,36)(H,34,35)(H,38,39)(H,40,41)(H3,25,31,32,37)/t14-,15-,18?,19?/m0/s1. The van der Waals surface area contributed by atoms with Crippen molar-refractivity contribution in [1.29, 1.82) is 0 Å². The lowest BCUT2D eigenvalue weighted by Gasteiger charge is -2.25. The molecule has 2 aliphatic heterocycles. The highest BCUT2D eigenvalue weighted by molar-refractivity contribution is 6.33. The highest BCUT2D eigenvalue weighted by Crippen LogP contribution is 2.15. The number of fused-ring (bicyclic) bond motifs is 1. The average molecular weight is 573 g/mol. The Kier molecular flexibility index (Phi) is 10.0. The molecule has 218 valence electrons. The number of nitrogens with two attached hydrogens (primary N) is 1. The molecule has 0 saturated carbocycles. The zero-order valence-corrected chi connectivity index (χ0v) is 21.4. The van der Waals surface area contributed by atoms with Crippen molar-refractivity contribution < 1.29 is 44.1 Å². The Morgan fingerprint density at radius 1 is 0.927 bits per heavy atom. The molecule has 0 fully saturated rings. The number of hydrogen-bond donors (Lipinski definition) is 8. The van der Waals surface area contributed by atoms with Crippen LogP contribution in [0.25, 0.3) is 0 Å². The summed E-state index contributed by atoms with van der Waals surface area (Å²) in [4.78, 5) is 82.8. The Hall–Kier alpha value is -5.35. The van der Waals surface area contributed by atoms with Gasteiger partial charge in [0.05, 0.1) is 12.3 Å². The maximum Gasteiger partial charge on any atom is 0.326 e. The number of carbonyl (C=O) groups excluding carboxylic acids is 3. The number of aliphatic imine (C=N–C) groups is 3. The number of carbonyl (C=O) groups is 6. The first-order valence-corrected chi connectivity index (χ1v) is 12.3. The molecule has 0 radical (unpaired) electrons. The monoisotopic (exact) mass is 572 g/mol. The average Bonchev–Trinajstić information content (AvgIpc) is 2.91. The number of carboxylic acids is 3. The van der Waals surface area contributed by atoms with Crippen LogP contribution in [0.1, 0.15) is 36.0 Å². The van der Waals surface area contributed by atoms with Crippen molar-refractivity contribution in [3.63, 3.8) is 0 Å². The van der Waals surface area contributed by atoms with Gasteiger partial charge < -0.3 is 37.0 Å². The molecule has 17 heteroatoms. The van der Waals surface area contributed by atoms with Crippen molar-refractivity contribution in [3.05, 3.63) is 29.8 Å². The van der Waals surface area contributed by atoms with Gasteiger partial charge in [-0.15, -0.1) is 0 Å². The van der Waals surface area contributed by atoms with E-state index in [1.807, 2.05) is 0 Å². The van der Waals surface area contributed by atoms with Crippen molar-refractivity contribution in [1.82, 2.24) is 16.0 Å². The van der Waals surface area contributed by atoms with Crippen molar-refractivity contribution >= 4 is 59.2 Å². The molecule has 17 nitrogen and oxygen atoms in total. The second-order valence-corrected chi connectivity index (χ2v) is 8.99. The van der Waals surface area contributed by atoms with E-state index >= 15 is 0 Å². The summed E-state index contributed by atoms with van der Waals surface area (Å²) in [5.74, 6) is -6.00. The van der Waals surface area contributed by atoms with Gasteiger partial charge in [0.1, 0.15) is 12.1 Å². The molecule has 0 saturated heterocycles. The molecule has 9 N–H and O–H groups in total. The van der Waals surface area contributed by atoms with E-state index in [-0.39, 0.29) is 30.9 Å². The van der Waals surface area contributed by atoms with Crippen LogP contribution in [-0.4, -0.2) is 99.7 Å². The molecule has 2 unspecified atom stereocenters. The number of benzene rings is 1. The van der Waals surface area contributed by atoms with Gasteiger partial charge in [-0.05, 0) is 37.1 Å². The fourth-order valence-electron chi connectivity index (χ4n) is 3.78. The quantitative estimate of drug-likeness (QED) is 0.123. The number of amides is 3. The highest BCUT2D eigenvalue weighted by atomic mass is 16.4. The van der Waals surface area contributed by atoms with E-state index in [0.717, 1.165) is 0 Å². The molecule has 3 rings (SSSR count). The molecule has 0 spiro atoms. The SMILES string of the molecule is NC1=NC2N=CC(CNc3ccc(C(=O)N[C@@H](CCC(=O)N[C@@H](CCC(=O)O)C(=O)O)C(=O)O)cc3)=NC2C(=O)N1. The van der Waals surface area contributed by atoms with Gasteiger partial charge in [0.25, 0.3) is 11.8 Å². The van der Waals surface area contributed by atoms with Gasteiger partial charge in [0.15, 0.2) is 18.2 Å². The van der Waals surface area contributed by atoms with Gasteiger partial charge in [-0.1, -0.05) is 0 Å². The first-order valence-electron chi connectivity index (χ1n) is 12.3. The van der Waals surface area contributed by atoms with Crippen LogP contribution in [0.5, 0.6) is 0 Å². The van der Waals surface area contributed by atoms with Crippen LogP contribution in [0.15, 0.2) is 39.2 Å². The molecule has 4 atom stereocenters. The Balaban J connectivity index is 1.50. The second kappa shape index (κ2) is 13.6. The van der Waals surface area contributed by atoms with Crippen LogP contribution in [0.3, 0.4) is 0 Å². The Bertz CT molecular complexity index is 1310. The van der Waals surface area contributed by atoms with E-state index in [4.69, 9.17) is 15.9 Å². The summed E-state index contributed by atoms with van der Waals surface area (Å²) in [5, 5.41) is 37.2. The third kappa shape index (κ3) is 8.84. The number of carboxylic acid groups (broad SMARTS) is 3. The van der Waals surface area contributed by atoms with Gasteiger partial charge in [-0.3, -0.25) is 34.5 Å². The molecule has 1 aromatic carbocycles. The molecule has 2 aliphatic rings. The predicted octanol–water partition coefficient (Wildman–Crippen LogP) is -1.84. The molecule has 3 amide bonds. The maximum absolute atomic E-state index is 12.6. The van der Waals surface area contributed by atoms with E-state index in [0.29, 0.717) is 11.4 Å². The van der Waals surface area contributed by atoms with Crippen LogP contribution < -0.4 is 27.0 Å². The zero-order valence-electron chi connectivity index (χ0n) is 21.4. The third-order valence-corrected chi connectivity index (χ3v) is 5.92. The minimum atomic E-state index is -1.45. The number of nitrogens with one attached hydrogen (secondary N) is 4. The Morgan fingerprint density at radius 3 is 2.20 bits per heavy atom. The molecule has 1 aromatic rings. The predicted molar refractivity (Wildman–Crippen MR) is 143 cm³/mol. The summed E-state index contributed by atoms with van der Waals surface area (Å²) in [6.07, 6.45) is -0.806. The largest absolute Gasteiger partial charge is 0.481 e. The van der Waals surface area contributed by atoms with Crippen LogP contribution in [-0.2, 0) is 24.0 Å². The van der Waals surface area contributed by atoms with Gasteiger partial charge >= 0.3 is 17.9 Å². The fraction of sp³-hybridized carbons (Fsp3) is 0.375. The topological polar surface area (TPSA) is 274 Å². The summed E-state index contributed by atoms with van der Waals surface area (Å²) < 4.78 is 0. The summed E-state index contributed by atoms with van der Waals surface area (Å²) in [7, 11) is 0. The summed E-state index contributed by atoms with van der Waals surface area (Å²) >= 11 is 0. The van der Waals surface area contributed by atoms with E-state index in [1.165, 1.54) is 18.3 Å². The van der Waals surface area contributed by atoms with Crippen LogP contribution in [0.2, 0.25) is 0 Å². The fourth-order valence-corrected chi connectivity index (χ4v) is 3.78. The Morgan fingerprint density at radius 2 is 1.56 bits per heavy atom. The van der Waals surface area contributed by atoms with Gasteiger partial charge in [-0.25, -0.2) is 14.6 Å². The molecule has 0 bridgehead atoms. The number of rotatable bonds is 14. The first-order chi connectivity index (χ1) is 19.4. The normalized spacial score (nSPS) is 18.9. The lowest BCUT2D eigenvalue weighted by molar-refractivity contribution is -0.143. The van der Waals surface area contributed by atoms with Gasteiger partial charge in [0.2, 0.25) is 5.91 Å². The van der Waals surface area contributed by atoms with E-state index in [2.05, 4.69) is 36.2 Å². The summed E-state index contributed by atoms with van der Waals surface area (Å²) in [5.41, 5.74) is 6.74. The van der Waals surface area contributed by atoms with Crippen LogP contribution in [0.4, 0.5) is 5.69 Å². The highest BCUT2D eigenvalue weighted by Gasteiger charge is 2.34. The maximum atomic E-state index is 12.6. The Labute approximate surface area is 232 Å². The molecule has 2 heterocycles.